The molecule has 0 bridgehead atoms. The number of nitrogens with zero attached hydrogens (tertiary/aromatic N) is 4. The standard InChI is InChI=1S/C11H15N5/c1-4-9-13-10(7(2)11(12)14-9)8-5-6-16(3)15-8/h5-6H,4H2,1-3H3,(H2,12,13,14). The molecule has 16 heavy (non-hydrogen) atoms. The lowest BCUT2D eigenvalue weighted by atomic mass is 10.2. The van der Waals surface area contributed by atoms with Crippen LogP contribution in [0.4, 0.5) is 5.82 Å². The van der Waals surface area contributed by atoms with Crippen molar-refractivity contribution in [2.45, 2.75) is 20.3 Å². The van der Waals surface area contributed by atoms with E-state index >= 15 is 0 Å². The predicted molar refractivity (Wildman–Crippen MR) is 62.8 cm³/mol. The fraction of sp³-hybridized carbons (Fsp3) is 0.364. The van der Waals surface area contributed by atoms with E-state index in [0.29, 0.717) is 5.82 Å². The van der Waals surface area contributed by atoms with Crippen LogP contribution >= 0.6 is 0 Å². The Hall–Kier alpha value is -1.91. The maximum absolute atomic E-state index is 5.86. The Labute approximate surface area is 94.3 Å². The maximum atomic E-state index is 5.86. The average molecular weight is 217 g/mol. The molecular weight excluding hydrogens is 202 g/mol. The zero-order chi connectivity index (χ0) is 11.7. The minimum absolute atomic E-state index is 0.535. The summed E-state index contributed by atoms with van der Waals surface area (Å²) in [5.74, 6) is 1.29. The summed E-state index contributed by atoms with van der Waals surface area (Å²) in [6, 6.07) is 1.92. The van der Waals surface area contributed by atoms with Crippen LogP contribution in [0.3, 0.4) is 0 Å². The second-order valence-electron chi connectivity index (χ2n) is 3.73. The van der Waals surface area contributed by atoms with Gasteiger partial charge in [0.15, 0.2) is 0 Å². The first-order valence-corrected chi connectivity index (χ1v) is 5.24. The van der Waals surface area contributed by atoms with Gasteiger partial charge in [-0.3, -0.25) is 4.68 Å². The fourth-order valence-corrected chi connectivity index (χ4v) is 1.53. The van der Waals surface area contributed by atoms with E-state index in [2.05, 4.69) is 15.1 Å². The summed E-state index contributed by atoms with van der Waals surface area (Å²) in [6.07, 6.45) is 2.66. The lowest BCUT2D eigenvalue weighted by Gasteiger charge is -2.06. The number of rotatable bonds is 2. The topological polar surface area (TPSA) is 69.6 Å². The molecule has 5 heteroatoms. The zero-order valence-electron chi connectivity index (χ0n) is 9.73. The fourth-order valence-electron chi connectivity index (χ4n) is 1.53. The van der Waals surface area contributed by atoms with Gasteiger partial charge in [0.1, 0.15) is 17.3 Å². The lowest BCUT2D eigenvalue weighted by molar-refractivity contribution is 0.769. The van der Waals surface area contributed by atoms with Crippen LogP contribution in [0.2, 0.25) is 0 Å². The van der Waals surface area contributed by atoms with Gasteiger partial charge in [-0.2, -0.15) is 5.10 Å². The third-order valence-electron chi connectivity index (χ3n) is 2.50. The van der Waals surface area contributed by atoms with E-state index in [-0.39, 0.29) is 0 Å². The highest BCUT2D eigenvalue weighted by atomic mass is 15.3. The Balaban J connectivity index is 2.59. The van der Waals surface area contributed by atoms with E-state index in [0.717, 1.165) is 29.2 Å². The van der Waals surface area contributed by atoms with E-state index in [1.165, 1.54) is 0 Å². The number of hydrogen-bond acceptors (Lipinski definition) is 4. The van der Waals surface area contributed by atoms with Crippen molar-refractivity contribution in [3.63, 3.8) is 0 Å². The molecule has 84 valence electrons. The van der Waals surface area contributed by atoms with Crippen LogP contribution in [0.5, 0.6) is 0 Å². The van der Waals surface area contributed by atoms with Crippen LogP contribution in [-0.4, -0.2) is 19.7 Å². The Morgan fingerprint density at radius 2 is 2.12 bits per heavy atom. The number of nitrogens with two attached hydrogens (primary N) is 1. The summed E-state index contributed by atoms with van der Waals surface area (Å²) in [5.41, 5.74) is 8.40. The third kappa shape index (κ3) is 1.76. The minimum atomic E-state index is 0.535. The van der Waals surface area contributed by atoms with Crippen molar-refractivity contribution in [3.8, 4) is 11.4 Å². The largest absolute Gasteiger partial charge is 0.383 e. The van der Waals surface area contributed by atoms with Gasteiger partial charge >= 0.3 is 0 Å². The molecule has 0 aliphatic rings. The van der Waals surface area contributed by atoms with Gasteiger partial charge in [-0.25, -0.2) is 9.97 Å². The molecule has 2 heterocycles. The van der Waals surface area contributed by atoms with Gasteiger partial charge in [0.05, 0.1) is 5.69 Å². The summed E-state index contributed by atoms with van der Waals surface area (Å²) >= 11 is 0. The maximum Gasteiger partial charge on any atom is 0.131 e. The van der Waals surface area contributed by atoms with Crippen LogP contribution in [0, 0.1) is 6.92 Å². The summed E-state index contributed by atoms with van der Waals surface area (Å²) in [7, 11) is 1.88. The van der Waals surface area contributed by atoms with Crippen molar-refractivity contribution in [1.29, 1.82) is 0 Å². The number of nitrogen functional groups attached to an aromatic ring is 1. The highest BCUT2D eigenvalue weighted by molar-refractivity contribution is 5.63. The highest BCUT2D eigenvalue weighted by Gasteiger charge is 2.11. The SMILES string of the molecule is CCc1nc(N)c(C)c(-c2ccn(C)n2)n1. The monoisotopic (exact) mass is 217 g/mol. The first-order chi connectivity index (χ1) is 7.61. The highest BCUT2D eigenvalue weighted by Crippen LogP contribution is 2.22. The predicted octanol–water partition coefficient (Wildman–Crippen LogP) is 1.33. The minimum Gasteiger partial charge on any atom is -0.383 e. The molecule has 0 spiro atoms. The molecule has 0 aliphatic heterocycles. The summed E-state index contributed by atoms with van der Waals surface area (Å²) in [6.45, 7) is 3.92. The Morgan fingerprint density at radius 3 is 2.69 bits per heavy atom. The Kier molecular flexibility index (Phi) is 2.60. The number of aryl methyl sites for hydroxylation is 2. The van der Waals surface area contributed by atoms with Crippen molar-refractivity contribution < 1.29 is 0 Å². The molecule has 0 aromatic carbocycles. The van der Waals surface area contributed by atoms with Gasteiger partial charge in [0.2, 0.25) is 0 Å². The summed E-state index contributed by atoms with van der Waals surface area (Å²) in [4.78, 5) is 8.68. The number of aromatic nitrogens is 4. The molecule has 0 saturated carbocycles. The van der Waals surface area contributed by atoms with E-state index < -0.39 is 0 Å². The van der Waals surface area contributed by atoms with Crippen molar-refractivity contribution >= 4 is 5.82 Å². The zero-order valence-corrected chi connectivity index (χ0v) is 9.73. The molecule has 0 amide bonds. The first kappa shape index (κ1) is 10.6. The quantitative estimate of drug-likeness (QED) is 0.823. The Bertz CT molecular complexity index is 515. The van der Waals surface area contributed by atoms with E-state index in [1.54, 1.807) is 4.68 Å². The molecule has 2 aromatic heterocycles. The lowest BCUT2D eigenvalue weighted by Crippen LogP contribution is -2.04. The normalized spacial score (nSPS) is 10.7. The molecule has 2 rings (SSSR count). The van der Waals surface area contributed by atoms with Crippen molar-refractivity contribution in [1.82, 2.24) is 19.7 Å². The smallest absolute Gasteiger partial charge is 0.131 e. The molecule has 0 fully saturated rings. The molecule has 0 saturated heterocycles. The molecule has 0 unspecified atom stereocenters. The number of anilines is 1. The van der Waals surface area contributed by atoms with Gasteiger partial charge in [-0.05, 0) is 13.0 Å². The van der Waals surface area contributed by atoms with E-state index in [4.69, 9.17) is 5.73 Å². The third-order valence-corrected chi connectivity index (χ3v) is 2.50. The van der Waals surface area contributed by atoms with Crippen molar-refractivity contribution in [2.24, 2.45) is 7.05 Å². The Morgan fingerprint density at radius 1 is 1.38 bits per heavy atom. The summed E-state index contributed by atoms with van der Waals surface area (Å²) < 4.78 is 1.75. The van der Waals surface area contributed by atoms with Crippen molar-refractivity contribution in [3.05, 3.63) is 23.7 Å². The number of hydrogen-bond donors (Lipinski definition) is 1. The molecule has 0 atom stereocenters. The van der Waals surface area contributed by atoms with E-state index in [1.807, 2.05) is 33.2 Å². The second kappa shape index (κ2) is 3.92. The van der Waals surface area contributed by atoms with Gasteiger partial charge in [0.25, 0.3) is 0 Å². The second-order valence-corrected chi connectivity index (χ2v) is 3.73. The molecule has 5 nitrogen and oxygen atoms in total. The van der Waals surface area contributed by atoms with Gasteiger partial charge in [-0.15, -0.1) is 0 Å². The van der Waals surface area contributed by atoms with Gasteiger partial charge in [-0.1, -0.05) is 6.92 Å². The first-order valence-electron chi connectivity index (χ1n) is 5.24. The molecule has 2 aromatic rings. The molecule has 2 N–H and O–H groups in total. The molecular formula is C11H15N5. The van der Waals surface area contributed by atoms with Crippen molar-refractivity contribution in [2.75, 3.05) is 5.73 Å². The molecule has 0 radical (unpaired) electrons. The van der Waals surface area contributed by atoms with Gasteiger partial charge in [0, 0.05) is 25.2 Å². The summed E-state index contributed by atoms with van der Waals surface area (Å²) in [5, 5.41) is 4.33. The average Bonchev–Trinajstić information content (AvgIpc) is 2.68. The van der Waals surface area contributed by atoms with Gasteiger partial charge < -0.3 is 5.73 Å². The van der Waals surface area contributed by atoms with E-state index in [9.17, 15) is 0 Å². The van der Waals surface area contributed by atoms with Crippen LogP contribution in [-0.2, 0) is 13.5 Å². The van der Waals surface area contributed by atoms with Crippen LogP contribution in [0.25, 0.3) is 11.4 Å². The van der Waals surface area contributed by atoms with Crippen LogP contribution in [0.1, 0.15) is 18.3 Å². The molecule has 0 aliphatic carbocycles. The van der Waals surface area contributed by atoms with Crippen LogP contribution < -0.4 is 5.73 Å². The van der Waals surface area contributed by atoms with Crippen LogP contribution in [0.15, 0.2) is 12.3 Å².